The summed E-state index contributed by atoms with van der Waals surface area (Å²) >= 11 is 0. The molecule has 2 aromatic heterocycles. The zero-order chi connectivity index (χ0) is 19.0. The molecule has 0 spiro atoms. The molecule has 1 fully saturated rings. The summed E-state index contributed by atoms with van der Waals surface area (Å²) in [5, 5.41) is 8.73. The van der Waals surface area contributed by atoms with Gasteiger partial charge < -0.3 is 19.4 Å². The Balaban J connectivity index is 1.42. The number of amides is 1. The van der Waals surface area contributed by atoms with Gasteiger partial charge in [0.15, 0.2) is 0 Å². The van der Waals surface area contributed by atoms with E-state index >= 15 is 0 Å². The lowest BCUT2D eigenvalue weighted by Crippen LogP contribution is -2.28. The number of carbonyl (C=O) groups is 1. The van der Waals surface area contributed by atoms with Gasteiger partial charge in [-0.3, -0.25) is 9.48 Å². The molecule has 1 saturated heterocycles. The number of aryl methyl sites for hydroxylation is 1. The highest BCUT2D eigenvalue weighted by Crippen LogP contribution is 2.36. The number of hydrogen-bond acceptors (Lipinski definition) is 5. The standard InChI is InChI=1S/C20H24N4O3/c1-23-12-15(10-22-23)20-14(8-19(25)24(20)2)9-21-11-17-7-13-6-16(26-3)4-5-18(13)27-17/h4-7,10,12,14,20-21H,8-9,11H2,1-3H3/t14-,20+/m0/s1. The molecule has 7 nitrogen and oxygen atoms in total. The monoisotopic (exact) mass is 368 g/mol. The van der Waals surface area contributed by atoms with E-state index < -0.39 is 0 Å². The van der Waals surface area contributed by atoms with Gasteiger partial charge in [0.05, 0.1) is 25.9 Å². The number of nitrogens with one attached hydrogen (secondary N) is 1. The predicted octanol–water partition coefficient (Wildman–Crippen LogP) is 2.48. The Morgan fingerprint density at radius 2 is 2.19 bits per heavy atom. The molecule has 1 aliphatic rings. The third-order valence-electron chi connectivity index (χ3n) is 5.24. The van der Waals surface area contributed by atoms with Crippen molar-refractivity contribution in [3.63, 3.8) is 0 Å². The topological polar surface area (TPSA) is 72.5 Å². The number of carbonyl (C=O) groups excluding carboxylic acids is 1. The predicted molar refractivity (Wildman–Crippen MR) is 101 cm³/mol. The van der Waals surface area contributed by atoms with Crippen molar-refractivity contribution in [2.75, 3.05) is 20.7 Å². The minimum atomic E-state index is 0.0543. The summed E-state index contributed by atoms with van der Waals surface area (Å²) in [7, 11) is 5.42. The zero-order valence-corrected chi connectivity index (χ0v) is 15.8. The second kappa shape index (κ2) is 7.08. The molecule has 0 radical (unpaired) electrons. The highest BCUT2D eigenvalue weighted by atomic mass is 16.5. The maximum absolute atomic E-state index is 12.2. The summed E-state index contributed by atoms with van der Waals surface area (Å²) in [5.74, 6) is 2.06. The third-order valence-corrected chi connectivity index (χ3v) is 5.24. The molecule has 0 bridgehead atoms. The fourth-order valence-corrected chi connectivity index (χ4v) is 3.89. The van der Waals surface area contributed by atoms with Crippen molar-refractivity contribution >= 4 is 16.9 Å². The summed E-state index contributed by atoms with van der Waals surface area (Å²) in [6.45, 7) is 1.35. The molecule has 3 heterocycles. The van der Waals surface area contributed by atoms with Crippen LogP contribution >= 0.6 is 0 Å². The van der Waals surface area contributed by atoms with Crippen LogP contribution in [0.4, 0.5) is 0 Å². The number of hydrogen-bond donors (Lipinski definition) is 1. The van der Waals surface area contributed by atoms with E-state index in [1.807, 2.05) is 55.7 Å². The Kier molecular flexibility index (Phi) is 4.61. The number of benzene rings is 1. The van der Waals surface area contributed by atoms with Crippen molar-refractivity contribution in [2.45, 2.75) is 19.0 Å². The minimum Gasteiger partial charge on any atom is -0.497 e. The summed E-state index contributed by atoms with van der Waals surface area (Å²) in [5.41, 5.74) is 1.92. The summed E-state index contributed by atoms with van der Waals surface area (Å²) < 4.78 is 12.9. The lowest BCUT2D eigenvalue weighted by Gasteiger charge is -2.24. The summed E-state index contributed by atoms with van der Waals surface area (Å²) in [6, 6.07) is 7.85. The molecule has 1 aromatic carbocycles. The lowest BCUT2D eigenvalue weighted by molar-refractivity contribution is -0.127. The first-order valence-corrected chi connectivity index (χ1v) is 9.06. The number of furan rings is 1. The molecule has 1 N–H and O–H groups in total. The number of aromatic nitrogens is 2. The Labute approximate surface area is 157 Å². The maximum Gasteiger partial charge on any atom is 0.223 e. The first kappa shape index (κ1) is 17.6. The van der Waals surface area contributed by atoms with Crippen molar-refractivity contribution in [1.29, 1.82) is 0 Å². The van der Waals surface area contributed by atoms with Crippen molar-refractivity contribution in [3.8, 4) is 5.75 Å². The van der Waals surface area contributed by atoms with Crippen LogP contribution in [0.5, 0.6) is 5.75 Å². The van der Waals surface area contributed by atoms with Gasteiger partial charge in [0.2, 0.25) is 5.91 Å². The number of ether oxygens (including phenoxy) is 1. The van der Waals surface area contributed by atoms with Crippen LogP contribution in [-0.2, 0) is 18.4 Å². The second-order valence-electron chi connectivity index (χ2n) is 7.11. The van der Waals surface area contributed by atoms with E-state index in [2.05, 4.69) is 10.4 Å². The van der Waals surface area contributed by atoms with E-state index in [-0.39, 0.29) is 17.9 Å². The quantitative estimate of drug-likeness (QED) is 0.724. The number of fused-ring (bicyclic) bond motifs is 1. The van der Waals surface area contributed by atoms with E-state index in [1.54, 1.807) is 11.8 Å². The van der Waals surface area contributed by atoms with Crippen LogP contribution in [0.2, 0.25) is 0 Å². The number of likely N-dealkylation sites (tertiary alicyclic amines) is 1. The number of methoxy groups -OCH3 is 1. The fourth-order valence-electron chi connectivity index (χ4n) is 3.89. The summed E-state index contributed by atoms with van der Waals surface area (Å²) in [4.78, 5) is 14.1. The molecule has 7 heteroatoms. The molecule has 0 aliphatic carbocycles. The molecule has 27 heavy (non-hydrogen) atoms. The van der Waals surface area contributed by atoms with E-state index in [4.69, 9.17) is 9.15 Å². The molecule has 0 unspecified atom stereocenters. The third kappa shape index (κ3) is 3.42. The van der Waals surface area contributed by atoms with E-state index in [1.165, 1.54) is 0 Å². The molecule has 3 aromatic rings. The van der Waals surface area contributed by atoms with Crippen LogP contribution in [-0.4, -0.2) is 41.3 Å². The van der Waals surface area contributed by atoms with Gasteiger partial charge in [-0.1, -0.05) is 0 Å². The van der Waals surface area contributed by atoms with Crippen LogP contribution in [0.1, 0.15) is 23.8 Å². The van der Waals surface area contributed by atoms with Gasteiger partial charge in [-0.25, -0.2) is 0 Å². The van der Waals surface area contributed by atoms with Crippen LogP contribution in [0.3, 0.4) is 0 Å². The Morgan fingerprint density at radius 3 is 2.93 bits per heavy atom. The normalized spacial score (nSPS) is 20.0. The highest BCUT2D eigenvalue weighted by Gasteiger charge is 2.38. The van der Waals surface area contributed by atoms with Crippen LogP contribution < -0.4 is 10.1 Å². The minimum absolute atomic E-state index is 0.0543. The van der Waals surface area contributed by atoms with Crippen molar-refractivity contribution in [2.24, 2.45) is 13.0 Å². The van der Waals surface area contributed by atoms with Gasteiger partial charge in [-0.05, 0) is 24.3 Å². The molecule has 142 valence electrons. The Bertz CT molecular complexity index is 961. The second-order valence-corrected chi connectivity index (χ2v) is 7.11. The Morgan fingerprint density at radius 1 is 1.33 bits per heavy atom. The maximum atomic E-state index is 12.2. The average Bonchev–Trinajstić information content (AvgIpc) is 3.32. The molecule has 4 rings (SSSR count). The molecule has 1 aliphatic heterocycles. The number of rotatable bonds is 6. The van der Waals surface area contributed by atoms with Gasteiger partial charge in [0, 0.05) is 50.1 Å². The van der Waals surface area contributed by atoms with Gasteiger partial charge >= 0.3 is 0 Å². The first-order valence-electron chi connectivity index (χ1n) is 9.06. The van der Waals surface area contributed by atoms with Crippen molar-refractivity contribution < 1.29 is 13.9 Å². The number of nitrogens with zero attached hydrogens (tertiary/aromatic N) is 3. The molecule has 1 amide bonds. The fraction of sp³-hybridized carbons (Fsp3) is 0.400. The van der Waals surface area contributed by atoms with E-state index in [0.717, 1.165) is 34.6 Å². The van der Waals surface area contributed by atoms with E-state index in [9.17, 15) is 4.79 Å². The largest absolute Gasteiger partial charge is 0.497 e. The van der Waals surface area contributed by atoms with Crippen molar-refractivity contribution in [3.05, 3.63) is 48.0 Å². The zero-order valence-electron chi connectivity index (χ0n) is 15.8. The SMILES string of the molecule is COc1ccc2oc(CNC[C@@H]3CC(=O)N(C)[C@H]3c3cnn(C)c3)cc2c1. The van der Waals surface area contributed by atoms with Crippen LogP contribution in [0, 0.1) is 5.92 Å². The van der Waals surface area contributed by atoms with Gasteiger partial charge in [0.25, 0.3) is 0 Å². The smallest absolute Gasteiger partial charge is 0.223 e. The van der Waals surface area contributed by atoms with Crippen LogP contribution in [0.25, 0.3) is 11.0 Å². The van der Waals surface area contributed by atoms with Crippen LogP contribution in [0.15, 0.2) is 41.1 Å². The van der Waals surface area contributed by atoms with E-state index in [0.29, 0.717) is 13.0 Å². The van der Waals surface area contributed by atoms with Gasteiger partial charge in [-0.2, -0.15) is 5.10 Å². The van der Waals surface area contributed by atoms with Gasteiger partial charge in [0.1, 0.15) is 17.1 Å². The molecular weight excluding hydrogens is 344 g/mol. The molecular formula is C20H24N4O3. The van der Waals surface area contributed by atoms with Crippen molar-refractivity contribution in [1.82, 2.24) is 20.0 Å². The molecule has 0 saturated carbocycles. The average molecular weight is 368 g/mol. The lowest BCUT2D eigenvalue weighted by atomic mass is 9.96. The summed E-state index contributed by atoms with van der Waals surface area (Å²) in [6.07, 6.45) is 4.37. The van der Waals surface area contributed by atoms with Gasteiger partial charge in [-0.15, -0.1) is 0 Å². The molecule has 2 atom stereocenters. The Hall–Kier alpha value is -2.80. The first-order chi connectivity index (χ1) is 13.0. The highest BCUT2D eigenvalue weighted by molar-refractivity contribution is 5.80.